The van der Waals surface area contributed by atoms with Crippen molar-refractivity contribution in [3.8, 4) is 0 Å². The van der Waals surface area contributed by atoms with Crippen LogP contribution in [0.25, 0.3) is 0 Å². The molecule has 0 spiro atoms. The first kappa shape index (κ1) is 26.6. The summed E-state index contributed by atoms with van der Waals surface area (Å²) in [6.07, 6.45) is 1.60. The molecule has 182 valence electrons. The van der Waals surface area contributed by atoms with Gasteiger partial charge in [0.15, 0.2) is 11.0 Å². The molecule has 1 aliphatic rings. The molecule has 0 aliphatic carbocycles. The van der Waals surface area contributed by atoms with Crippen LogP contribution < -0.4 is 10.2 Å². The molecule has 1 amide bonds. The maximum atomic E-state index is 12.1. The highest BCUT2D eigenvalue weighted by Gasteiger charge is 2.40. The molecule has 0 aromatic carbocycles. The normalized spacial score (nSPS) is 18.3. The van der Waals surface area contributed by atoms with Crippen LogP contribution in [0.1, 0.15) is 61.3 Å². The summed E-state index contributed by atoms with van der Waals surface area (Å²) in [7, 11) is 1.71. The van der Waals surface area contributed by atoms with E-state index in [1.165, 1.54) is 4.90 Å². The van der Waals surface area contributed by atoms with Gasteiger partial charge in [-0.25, -0.2) is 4.79 Å². The minimum atomic E-state index is -0.511. The summed E-state index contributed by atoms with van der Waals surface area (Å²) in [5.41, 5.74) is -0.508. The number of piperidine rings is 1. The molecule has 1 N–H and O–H groups in total. The minimum Gasteiger partial charge on any atom is -0.444 e. The average Bonchev–Trinajstić information content (AvgIpc) is 2.61. The lowest BCUT2D eigenvalue weighted by Gasteiger charge is -2.49. The summed E-state index contributed by atoms with van der Waals surface area (Å²) in [6, 6.07) is 3.96. The monoisotopic (exact) mass is 469 g/mol. The zero-order chi connectivity index (χ0) is 24.2. The standard InChI is InChI=1S/C23H40ClN5O3/c1-21(2,3)32-20(30)28(8)11-13-31-14-12-29(19-10-9-18(24)25-26-19)17-15-22(4,5)27-23(6,7)16-17/h9-10,17,27H,11-16H2,1-8H3. The van der Waals surface area contributed by atoms with E-state index in [0.717, 1.165) is 18.7 Å². The molecule has 1 fully saturated rings. The number of anilines is 1. The molecule has 32 heavy (non-hydrogen) atoms. The van der Waals surface area contributed by atoms with Crippen molar-refractivity contribution in [1.29, 1.82) is 0 Å². The van der Waals surface area contributed by atoms with Crippen LogP contribution in [0.5, 0.6) is 0 Å². The van der Waals surface area contributed by atoms with E-state index in [1.54, 1.807) is 13.1 Å². The van der Waals surface area contributed by atoms with Crippen molar-refractivity contribution >= 4 is 23.5 Å². The van der Waals surface area contributed by atoms with Gasteiger partial charge in [-0.2, -0.15) is 0 Å². The van der Waals surface area contributed by atoms with Crippen LogP contribution in [0.3, 0.4) is 0 Å². The van der Waals surface area contributed by atoms with Crippen LogP contribution in [0.15, 0.2) is 12.1 Å². The van der Waals surface area contributed by atoms with E-state index < -0.39 is 5.60 Å². The van der Waals surface area contributed by atoms with Gasteiger partial charge < -0.3 is 24.6 Å². The molecule has 2 rings (SSSR count). The summed E-state index contributed by atoms with van der Waals surface area (Å²) < 4.78 is 11.2. The highest BCUT2D eigenvalue weighted by Crippen LogP contribution is 2.33. The van der Waals surface area contributed by atoms with Gasteiger partial charge in [-0.1, -0.05) is 11.6 Å². The van der Waals surface area contributed by atoms with Gasteiger partial charge >= 0.3 is 6.09 Å². The van der Waals surface area contributed by atoms with E-state index in [2.05, 4.69) is 48.1 Å². The second kappa shape index (κ2) is 10.5. The molecule has 1 aliphatic heterocycles. The number of rotatable bonds is 8. The number of hydrogen-bond donors (Lipinski definition) is 1. The number of ether oxygens (including phenoxy) is 2. The predicted octanol–water partition coefficient (Wildman–Crippen LogP) is 4.13. The quantitative estimate of drug-likeness (QED) is 0.573. The topological polar surface area (TPSA) is 79.8 Å². The third-order valence-electron chi connectivity index (χ3n) is 5.27. The number of hydrogen-bond acceptors (Lipinski definition) is 7. The van der Waals surface area contributed by atoms with Crippen molar-refractivity contribution in [1.82, 2.24) is 20.4 Å². The summed E-state index contributed by atoms with van der Waals surface area (Å²) in [5.74, 6) is 0.794. The Morgan fingerprint density at radius 1 is 1.12 bits per heavy atom. The summed E-state index contributed by atoms with van der Waals surface area (Å²) >= 11 is 5.96. The predicted molar refractivity (Wildman–Crippen MR) is 128 cm³/mol. The maximum absolute atomic E-state index is 12.1. The summed E-state index contributed by atoms with van der Waals surface area (Å²) in [4.78, 5) is 15.9. The molecule has 2 heterocycles. The molecule has 0 radical (unpaired) electrons. The van der Waals surface area contributed by atoms with Gasteiger partial charge in [-0.15, -0.1) is 10.2 Å². The Morgan fingerprint density at radius 2 is 1.72 bits per heavy atom. The average molecular weight is 470 g/mol. The van der Waals surface area contributed by atoms with Crippen LogP contribution in [-0.4, -0.2) is 77.3 Å². The van der Waals surface area contributed by atoms with Gasteiger partial charge in [0.2, 0.25) is 0 Å². The van der Waals surface area contributed by atoms with E-state index in [4.69, 9.17) is 21.1 Å². The van der Waals surface area contributed by atoms with Gasteiger partial charge in [0.25, 0.3) is 0 Å². The summed E-state index contributed by atoms with van der Waals surface area (Å²) in [5, 5.41) is 12.5. The van der Waals surface area contributed by atoms with Crippen LogP contribution >= 0.6 is 11.6 Å². The third kappa shape index (κ3) is 8.71. The SMILES string of the molecule is CN(CCOCCN(c1ccc(Cl)nn1)C1CC(C)(C)NC(C)(C)C1)C(=O)OC(C)(C)C. The maximum Gasteiger partial charge on any atom is 0.410 e. The fraction of sp³-hybridized carbons (Fsp3) is 0.783. The van der Waals surface area contributed by atoms with E-state index in [-0.39, 0.29) is 23.2 Å². The van der Waals surface area contributed by atoms with E-state index in [0.29, 0.717) is 31.5 Å². The van der Waals surface area contributed by atoms with Gasteiger partial charge in [0.05, 0.1) is 13.2 Å². The molecule has 8 nitrogen and oxygen atoms in total. The molecule has 1 saturated heterocycles. The molecule has 0 unspecified atom stereocenters. The number of carbonyl (C=O) groups is 1. The number of likely N-dealkylation sites (N-methyl/N-ethyl adjacent to an activating group) is 1. The molecule has 0 atom stereocenters. The Kier molecular flexibility index (Phi) is 8.76. The number of halogens is 1. The zero-order valence-electron chi connectivity index (χ0n) is 20.9. The highest BCUT2D eigenvalue weighted by molar-refractivity contribution is 6.29. The molecule has 1 aromatic rings. The van der Waals surface area contributed by atoms with Crippen molar-refractivity contribution in [3.63, 3.8) is 0 Å². The molecule has 1 aromatic heterocycles. The van der Waals surface area contributed by atoms with Gasteiger partial charge in [-0.05, 0) is 73.4 Å². The first-order valence-corrected chi connectivity index (χ1v) is 11.6. The second-order valence-corrected chi connectivity index (χ2v) is 11.3. The highest BCUT2D eigenvalue weighted by atomic mass is 35.5. The second-order valence-electron chi connectivity index (χ2n) is 10.9. The number of aromatic nitrogens is 2. The molecular weight excluding hydrogens is 430 g/mol. The smallest absolute Gasteiger partial charge is 0.410 e. The molecule has 9 heteroatoms. The van der Waals surface area contributed by atoms with E-state index in [1.807, 2.05) is 26.8 Å². The lowest BCUT2D eigenvalue weighted by atomic mass is 9.79. The van der Waals surface area contributed by atoms with Crippen molar-refractivity contribution in [3.05, 3.63) is 17.3 Å². The Morgan fingerprint density at radius 3 is 2.25 bits per heavy atom. The first-order chi connectivity index (χ1) is 14.7. The lowest BCUT2D eigenvalue weighted by molar-refractivity contribution is 0.0234. The minimum absolute atomic E-state index is 0.00149. The van der Waals surface area contributed by atoms with Crippen molar-refractivity contribution in [2.45, 2.75) is 84.0 Å². The largest absolute Gasteiger partial charge is 0.444 e. The van der Waals surface area contributed by atoms with Gasteiger partial charge in [0, 0.05) is 37.3 Å². The zero-order valence-corrected chi connectivity index (χ0v) is 21.6. The molecular formula is C23H40ClN5O3. The Bertz CT molecular complexity index is 733. The fourth-order valence-corrected chi connectivity index (χ4v) is 4.43. The first-order valence-electron chi connectivity index (χ1n) is 11.2. The Labute approximate surface area is 198 Å². The van der Waals surface area contributed by atoms with Crippen LogP contribution in [0.2, 0.25) is 5.15 Å². The number of carbonyl (C=O) groups excluding carboxylic acids is 1. The van der Waals surface area contributed by atoms with Crippen molar-refractivity contribution in [2.24, 2.45) is 0 Å². The third-order valence-corrected chi connectivity index (χ3v) is 5.48. The number of amides is 1. The van der Waals surface area contributed by atoms with Gasteiger partial charge in [-0.3, -0.25) is 0 Å². The lowest BCUT2D eigenvalue weighted by Crippen LogP contribution is -2.62. The van der Waals surface area contributed by atoms with Crippen molar-refractivity contribution in [2.75, 3.05) is 38.3 Å². The van der Waals surface area contributed by atoms with E-state index >= 15 is 0 Å². The molecule has 0 saturated carbocycles. The number of nitrogens with zero attached hydrogens (tertiary/aromatic N) is 4. The molecule has 0 bridgehead atoms. The summed E-state index contributed by atoms with van der Waals surface area (Å²) in [6.45, 7) is 16.6. The van der Waals surface area contributed by atoms with Crippen LogP contribution in [0, 0.1) is 0 Å². The van der Waals surface area contributed by atoms with E-state index in [9.17, 15) is 4.79 Å². The Hall–Kier alpha value is -1.64. The van der Waals surface area contributed by atoms with Crippen molar-refractivity contribution < 1.29 is 14.3 Å². The Balaban J connectivity index is 1.96. The number of nitrogens with one attached hydrogen (secondary N) is 1. The van der Waals surface area contributed by atoms with Gasteiger partial charge in [0.1, 0.15) is 5.60 Å². The fourth-order valence-electron chi connectivity index (χ4n) is 4.33. The van der Waals surface area contributed by atoms with Crippen LogP contribution in [-0.2, 0) is 9.47 Å². The van der Waals surface area contributed by atoms with Crippen LogP contribution in [0.4, 0.5) is 10.6 Å².